The van der Waals surface area contributed by atoms with Crippen LogP contribution < -0.4 is 5.32 Å². The summed E-state index contributed by atoms with van der Waals surface area (Å²) in [4.78, 5) is 0. The maximum Gasteiger partial charge on any atom is 0.0716 e. The molecule has 2 atom stereocenters. The Bertz CT molecular complexity index is 388. The zero-order chi connectivity index (χ0) is 13.0. The maximum atomic E-state index is 5.32. The molecule has 0 aromatic heterocycles. The average Bonchev–Trinajstić information content (AvgIpc) is 2.40. The van der Waals surface area contributed by atoms with E-state index in [2.05, 4.69) is 46.4 Å². The summed E-state index contributed by atoms with van der Waals surface area (Å²) in [6.45, 7) is 4.17. The van der Waals surface area contributed by atoms with Crippen LogP contribution in [-0.2, 0) is 11.3 Å². The van der Waals surface area contributed by atoms with Gasteiger partial charge in [-0.25, -0.2) is 0 Å². The van der Waals surface area contributed by atoms with Crippen LogP contribution in [0, 0.1) is 0 Å². The summed E-state index contributed by atoms with van der Waals surface area (Å²) in [6.07, 6.45) is 3.94. The van der Waals surface area contributed by atoms with E-state index in [1.165, 1.54) is 30.4 Å². The number of nitrogens with one attached hydrogen (secondary N) is 1. The van der Waals surface area contributed by atoms with Crippen LogP contribution in [0.1, 0.15) is 43.2 Å². The molecular weight excluding hydrogens is 290 g/mol. The Balaban J connectivity index is 2.19. The van der Waals surface area contributed by atoms with Gasteiger partial charge < -0.3 is 10.1 Å². The van der Waals surface area contributed by atoms with Crippen LogP contribution in [0.15, 0.2) is 22.7 Å². The summed E-state index contributed by atoms with van der Waals surface area (Å²) in [5.41, 5.74) is 2.71. The van der Waals surface area contributed by atoms with Gasteiger partial charge in [0, 0.05) is 17.6 Å². The molecule has 1 fully saturated rings. The SMILES string of the molecule is COCc1cc(Br)ccc1C(C)C1CCCCN1. The molecule has 1 aromatic rings. The third-order valence-corrected chi connectivity index (χ3v) is 4.34. The molecule has 2 rings (SSSR count). The molecule has 1 saturated heterocycles. The Morgan fingerprint density at radius 1 is 1.44 bits per heavy atom. The molecule has 1 aliphatic heterocycles. The molecule has 1 heterocycles. The number of benzene rings is 1. The molecule has 1 N–H and O–H groups in total. The topological polar surface area (TPSA) is 21.3 Å². The van der Waals surface area contributed by atoms with Crippen molar-refractivity contribution in [2.24, 2.45) is 0 Å². The van der Waals surface area contributed by atoms with Crippen molar-refractivity contribution in [3.63, 3.8) is 0 Å². The van der Waals surface area contributed by atoms with E-state index in [0.29, 0.717) is 18.6 Å². The molecule has 0 spiro atoms. The van der Waals surface area contributed by atoms with E-state index in [-0.39, 0.29) is 0 Å². The van der Waals surface area contributed by atoms with E-state index in [0.717, 1.165) is 11.0 Å². The Hall–Kier alpha value is -0.380. The fourth-order valence-electron chi connectivity index (χ4n) is 2.82. The summed E-state index contributed by atoms with van der Waals surface area (Å²) in [5, 5.41) is 3.65. The highest BCUT2D eigenvalue weighted by Gasteiger charge is 2.22. The summed E-state index contributed by atoms with van der Waals surface area (Å²) >= 11 is 3.54. The van der Waals surface area contributed by atoms with E-state index in [1.807, 2.05) is 0 Å². The van der Waals surface area contributed by atoms with Gasteiger partial charge in [-0.15, -0.1) is 0 Å². The lowest BCUT2D eigenvalue weighted by atomic mass is 9.86. The quantitative estimate of drug-likeness (QED) is 0.912. The third-order valence-electron chi connectivity index (χ3n) is 3.85. The Kier molecular flexibility index (Phi) is 5.22. The molecule has 18 heavy (non-hydrogen) atoms. The van der Waals surface area contributed by atoms with Gasteiger partial charge in [-0.05, 0) is 48.6 Å². The second kappa shape index (κ2) is 6.69. The minimum Gasteiger partial charge on any atom is -0.380 e. The predicted octanol–water partition coefficient (Wildman–Crippen LogP) is 3.84. The first-order chi connectivity index (χ1) is 8.72. The molecule has 0 amide bonds. The van der Waals surface area contributed by atoms with Gasteiger partial charge in [-0.2, -0.15) is 0 Å². The molecular formula is C15H22BrNO. The zero-order valence-electron chi connectivity index (χ0n) is 11.2. The number of hydrogen-bond acceptors (Lipinski definition) is 2. The monoisotopic (exact) mass is 311 g/mol. The number of piperidine rings is 1. The molecule has 2 nitrogen and oxygen atoms in total. The fraction of sp³-hybridized carbons (Fsp3) is 0.600. The van der Waals surface area contributed by atoms with E-state index in [4.69, 9.17) is 4.74 Å². The van der Waals surface area contributed by atoms with Gasteiger partial charge in [0.15, 0.2) is 0 Å². The van der Waals surface area contributed by atoms with Gasteiger partial charge in [-0.3, -0.25) is 0 Å². The van der Waals surface area contributed by atoms with Crippen molar-refractivity contribution in [3.8, 4) is 0 Å². The van der Waals surface area contributed by atoms with Crippen molar-refractivity contribution in [1.82, 2.24) is 5.32 Å². The standard InChI is InChI=1S/C15H22BrNO/c1-11(15-5-3-4-8-17-15)14-7-6-13(16)9-12(14)10-18-2/h6-7,9,11,15,17H,3-5,8,10H2,1-2H3. The van der Waals surface area contributed by atoms with Crippen molar-refractivity contribution < 1.29 is 4.74 Å². The molecule has 3 heteroatoms. The fourth-order valence-corrected chi connectivity index (χ4v) is 3.23. The molecule has 0 bridgehead atoms. The largest absolute Gasteiger partial charge is 0.380 e. The van der Waals surface area contributed by atoms with Crippen molar-refractivity contribution in [2.75, 3.05) is 13.7 Å². The Morgan fingerprint density at radius 3 is 2.94 bits per heavy atom. The van der Waals surface area contributed by atoms with Gasteiger partial charge in [0.1, 0.15) is 0 Å². The van der Waals surface area contributed by atoms with Crippen LogP contribution in [0.25, 0.3) is 0 Å². The normalized spacial score (nSPS) is 21.8. The summed E-state index contributed by atoms with van der Waals surface area (Å²) in [5.74, 6) is 0.545. The van der Waals surface area contributed by atoms with Crippen LogP contribution in [0.4, 0.5) is 0 Å². The van der Waals surface area contributed by atoms with Crippen LogP contribution in [0.3, 0.4) is 0 Å². The molecule has 0 radical (unpaired) electrons. The molecule has 0 saturated carbocycles. The smallest absolute Gasteiger partial charge is 0.0716 e. The predicted molar refractivity (Wildman–Crippen MR) is 78.9 cm³/mol. The Labute approximate surface area is 118 Å². The molecule has 100 valence electrons. The first-order valence-corrected chi connectivity index (χ1v) is 7.52. The van der Waals surface area contributed by atoms with Gasteiger partial charge in [0.2, 0.25) is 0 Å². The zero-order valence-corrected chi connectivity index (χ0v) is 12.8. The molecule has 1 aromatic carbocycles. The first-order valence-electron chi connectivity index (χ1n) is 6.73. The van der Waals surface area contributed by atoms with Crippen LogP contribution in [-0.4, -0.2) is 19.7 Å². The van der Waals surface area contributed by atoms with Gasteiger partial charge in [0.25, 0.3) is 0 Å². The molecule has 1 aliphatic rings. The van der Waals surface area contributed by atoms with Crippen molar-refractivity contribution in [3.05, 3.63) is 33.8 Å². The van der Waals surface area contributed by atoms with Crippen molar-refractivity contribution >= 4 is 15.9 Å². The van der Waals surface area contributed by atoms with Gasteiger partial charge in [0.05, 0.1) is 6.61 Å². The lowest BCUT2D eigenvalue weighted by Gasteiger charge is -2.30. The van der Waals surface area contributed by atoms with E-state index < -0.39 is 0 Å². The Morgan fingerprint density at radius 2 is 2.28 bits per heavy atom. The molecule has 2 unspecified atom stereocenters. The minimum atomic E-state index is 0.545. The average molecular weight is 312 g/mol. The number of ether oxygens (including phenoxy) is 1. The van der Waals surface area contributed by atoms with Crippen molar-refractivity contribution in [2.45, 2.75) is 44.8 Å². The third kappa shape index (κ3) is 3.34. The van der Waals surface area contributed by atoms with Crippen LogP contribution in [0.2, 0.25) is 0 Å². The lowest BCUT2D eigenvalue weighted by Crippen LogP contribution is -2.38. The lowest BCUT2D eigenvalue weighted by molar-refractivity contribution is 0.183. The van der Waals surface area contributed by atoms with Gasteiger partial charge in [-0.1, -0.05) is 35.3 Å². The highest BCUT2D eigenvalue weighted by Crippen LogP contribution is 2.29. The van der Waals surface area contributed by atoms with E-state index in [9.17, 15) is 0 Å². The van der Waals surface area contributed by atoms with Crippen molar-refractivity contribution in [1.29, 1.82) is 0 Å². The van der Waals surface area contributed by atoms with Crippen LogP contribution in [0.5, 0.6) is 0 Å². The number of rotatable bonds is 4. The highest BCUT2D eigenvalue weighted by molar-refractivity contribution is 9.10. The van der Waals surface area contributed by atoms with Crippen LogP contribution >= 0.6 is 15.9 Å². The molecule has 0 aliphatic carbocycles. The maximum absolute atomic E-state index is 5.32. The first kappa shape index (κ1) is 14.0. The number of hydrogen-bond donors (Lipinski definition) is 1. The summed E-state index contributed by atoms with van der Waals surface area (Å²) < 4.78 is 6.45. The second-order valence-electron chi connectivity index (χ2n) is 5.12. The second-order valence-corrected chi connectivity index (χ2v) is 6.04. The number of methoxy groups -OCH3 is 1. The number of halogens is 1. The summed E-state index contributed by atoms with van der Waals surface area (Å²) in [7, 11) is 1.76. The van der Waals surface area contributed by atoms with Gasteiger partial charge >= 0.3 is 0 Å². The highest BCUT2D eigenvalue weighted by atomic mass is 79.9. The van der Waals surface area contributed by atoms with E-state index in [1.54, 1.807) is 7.11 Å². The minimum absolute atomic E-state index is 0.545. The summed E-state index contributed by atoms with van der Waals surface area (Å²) in [6, 6.07) is 7.15. The van der Waals surface area contributed by atoms with E-state index >= 15 is 0 Å².